The van der Waals surface area contributed by atoms with E-state index in [1.807, 2.05) is 36.4 Å². The maximum absolute atomic E-state index is 15.2. The molecule has 0 saturated heterocycles. The van der Waals surface area contributed by atoms with Gasteiger partial charge < -0.3 is 14.2 Å². The van der Waals surface area contributed by atoms with Crippen LogP contribution in [0.5, 0.6) is 17.2 Å². The van der Waals surface area contributed by atoms with Crippen molar-refractivity contribution in [2.45, 2.75) is 32.3 Å². The zero-order chi connectivity index (χ0) is 19.0. The van der Waals surface area contributed by atoms with Crippen LogP contribution in [0.1, 0.15) is 36.1 Å². The SMILES string of the molecule is CCC1CC1c1cc2c(F)c(OCc3ccc(OC)cc3)c(OC)cc2s1. The zero-order valence-corrected chi connectivity index (χ0v) is 16.6. The fourth-order valence-corrected chi connectivity index (χ4v) is 4.81. The smallest absolute Gasteiger partial charge is 0.198 e. The summed E-state index contributed by atoms with van der Waals surface area (Å²) >= 11 is 1.67. The first-order valence-corrected chi connectivity index (χ1v) is 10.0. The van der Waals surface area contributed by atoms with Crippen molar-refractivity contribution in [1.82, 2.24) is 0 Å². The molecule has 2 aromatic carbocycles. The van der Waals surface area contributed by atoms with Crippen LogP contribution in [-0.4, -0.2) is 14.2 Å². The second-order valence-corrected chi connectivity index (χ2v) is 8.05. The number of ether oxygens (including phenoxy) is 3. The van der Waals surface area contributed by atoms with Crippen LogP contribution in [0.25, 0.3) is 10.1 Å². The van der Waals surface area contributed by atoms with Crippen molar-refractivity contribution < 1.29 is 18.6 Å². The molecule has 1 fully saturated rings. The van der Waals surface area contributed by atoms with Crippen molar-refractivity contribution >= 4 is 21.4 Å². The molecule has 2 unspecified atom stereocenters. The number of rotatable bonds is 7. The Morgan fingerprint density at radius 2 is 1.89 bits per heavy atom. The third-order valence-corrected chi connectivity index (χ3v) is 6.49. The second-order valence-electron chi connectivity index (χ2n) is 6.93. The summed E-state index contributed by atoms with van der Waals surface area (Å²) in [7, 11) is 3.17. The highest BCUT2D eigenvalue weighted by atomic mass is 32.1. The Kier molecular flexibility index (Phi) is 4.96. The lowest BCUT2D eigenvalue weighted by atomic mass is 10.1. The van der Waals surface area contributed by atoms with Crippen LogP contribution < -0.4 is 14.2 Å². The van der Waals surface area contributed by atoms with E-state index in [0.717, 1.165) is 21.9 Å². The molecule has 4 rings (SSSR count). The van der Waals surface area contributed by atoms with E-state index in [9.17, 15) is 0 Å². The number of thiophene rings is 1. The Hall–Kier alpha value is -2.27. The Bertz CT molecular complexity index is 948. The molecule has 1 heterocycles. The van der Waals surface area contributed by atoms with Crippen molar-refractivity contribution in [3.05, 3.63) is 52.7 Å². The Labute approximate surface area is 162 Å². The first-order valence-electron chi connectivity index (χ1n) is 9.20. The van der Waals surface area contributed by atoms with Crippen molar-refractivity contribution in [2.75, 3.05) is 14.2 Å². The summed E-state index contributed by atoms with van der Waals surface area (Å²) in [6.45, 7) is 2.48. The third-order valence-electron chi connectivity index (χ3n) is 5.28. The second kappa shape index (κ2) is 7.39. The number of fused-ring (bicyclic) bond motifs is 1. The van der Waals surface area contributed by atoms with Gasteiger partial charge in [0, 0.05) is 21.0 Å². The fraction of sp³-hybridized carbons (Fsp3) is 0.364. The van der Waals surface area contributed by atoms with Crippen molar-refractivity contribution in [3.8, 4) is 17.2 Å². The average molecular weight is 386 g/mol. The first-order chi connectivity index (χ1) is 13.1. The summed E-state index contributed by atoms with van der Waals surface area (Å²) in [4.78, 5) is 1.27. The number of hydrogen-bond acceptors (Lipinski definition) is 4. The van der Waals surface area contributed by atoms with Gasteiger partial charge in [-0.3, -0.25) is 0 Å². The minimum atomic E-state index is -0.339. The van der Waals surface area contributed by atoms with Crippen LogP contribution in [0.3, 0.4) is 0 Å². The van der Waals surface area contributed by atoms with Gasteiger partial charge in [-0.05, 0) is 42.0 Å². The van der Waals surface area contributed by atoms with E-state index < -0.39 is 0 Å². The molecule has 142 valence electrons. The van der Waals surface area contributed by atoms with E-state index in [2.05, 4.69) is 6.92 Å². The summed E-state index contributed by atoms with van der Waals surface area (Å²) in [5, 5.41) is 0.627. The Morgan fingerprint density at radius 1 is 1.11 bits per heavy atom. The van der Waals surface area contributed by atoms with Crippen LogP contribution in [0.15, 0.2) is 36.4 Å². The van der Waals surface area contributed by atoms with Gasteiger partial charge in [-0.2, -0.15) is 0 Å². The monoisotopic (exact) mass is 386 g/mol. The van der Waals surface area contributed by atoms with Crippen LogP contribution in [0, 0.1) is 11.7 Å². The van der Waals surface area contributed by atoms with E-state index in [1.54, 1.807) is 25.6 Å². The van der Waals surface area contributed by atoms with Gasteiger partial charge in [0.25, 0.3) is 0 Å². The fourth-order valence-electron chi connectivity index (χ4n) is 3.51. The molecule has 0 bridgehead atoms. The molecule has 3 aromatic rings. The summed E-state index contributed by atoms with van der Waals surface area (Å²) in [6.07, 6.45) is 2.39. The molecular formula is C22H23FO3S. The van der Waals surface area contributed by atoms with Gasteiger partial charge in [0.2, 0.25) is 0 Å². The first kappa shape index (κ1) is 18.1. The lowest BCUT2D eigenvalue weighted by Gasteiger charge is -2.12. The molecule has 0 spiro atoms. The molecule has 0 amide bonds. The molecule has 0 N–H and O–H groups in total. The number of benzene rings is 2. The molecule has 3 nitrogen and oxygen atoms in total. The predicted octanol–water partition coefficient (Wildman–Crippen LogP) is 6.15. The molecule has 0 aliphatic heterocycles. The molecule has 1 aromatic heterocycles. The van der Waals surface area contributed by atoms with Crippen LogP contribution in [0.4, 0.5) is 4.39 Å². The van der Waals surface area contributed by atoms with Crippen LogP contribution >= 0.6 is 11.3 Å². The van der Waals surface area contributed by atoms with E-state index in [4.69, 9.17) is 14.2 Å². The summed E-state index contributed by atoms with van der Waals surface area (Å²) in [5.74, 6) is 2.38. The zero-order valence-electron chi connectivity index (χ0n) is 15.8. The van der Waals surface area contributed by atoms with Gasteiger partial charge >= 0.3 is 0 Å². The highest BCUT2D eigenvalue weighted by molar-refractivity contribution is 7.19. The Morgan fingerprint density at radius 3 is 2.52 bits per heavy atom. The number of methoxy groups -OCH3 is 2. The third kappa shape index (κ3) is 3.48. The Balaban J connectivity index is 1.61. The molecule has 1 saturated carbocycles. The van der Waals surface area contributed by atoms with E-state index in [0.29, 0.717) is 17.1 Å². The van der Waals surface area contributed by atoms with Gasteiger partial charge in [-0.15, -0.1) is 11.3 Å². The van der Waals surface area contributed by atoms with E-state index in [1.165, 1.54) is 17.7 Å². The summed E-state index contributed by atoms with van der Waals surface area (Å²) < 4.78 is 32.5. The highest BCUT2D eigenvalue weighted by Gasteiger charge is 2.38. The standard InChI is InChI=1S/C22H23FO3S/c1-4-14-9-16(14)19-10-17-20(27-19)11-18(25-3)22(21(17)23)26-12-13-5-7-15(24-2)8-6-13/h5-8,10-11,14,16H,4,9,12H2,1-3H3. The highest BCUT2D eigenvalue weighted by Crippen LogP contribution is 2.53. The van der Waals surface area contributed by atoms with E-state index >= 15 is 4.39 Å². The molecule has 1 aliphatic rings. The van der Waals surface area contributed by atoms with Crippen LogP contribution in [-0.2, 0) is 6.61 Å². The molecular weight excluding hydrogens is 363 g/mol. The van der Waals surface area contributed by atoms with Gasteiger partial charge in [0.05, 0.1) is 14.2 Å². The minimum absolute atomic E-state index is 0.174. The summed E-state index contributed by atoms with van der Waals surface area (Å²) in [6, 6.07) is 11.4. The van der Waals surface area contributed by atoms with Gasteiger partial charge in [0.1, 0.15) is 12.4 Å². The number of halogens is 1. The van der Waals surface area contributed by atoms with Crippen molar-refractivity contribution in [2.24, 2.45) is 5.92 Å². The van der Waals surface area contributed by atoms with Crippen molar-refractivity contribution in [1.29, 1.82) is 0 Å². The van der Waals surface area contributed by atoms with Gasteiger partial charge in [-0.25, -0.2) is 4.39 Å². The predicted molar refractivity (Wildman–Crippen MR) is 107 cm³/mol. The maximum Gasteiger partial charge on any atom is 0.198 e. The quantitative estimate of drug-likeness (QED) is 0.487. The van der Waals surface area contributed by atoms with Gasteiger partial charge in [0.15, 0.2) is 17.3 Å². The van der Waals surface area contributed by atoms with Gasteiger partial charge in [-0.1, -0.05) is 25.5 Å². The van der Waals surface area contributed by atoms with Crippen molar-refractivity contribution in [3.63, 3.8) is 0 Å². The maximum atomic E-state index is 15.2. The lowest BCUT2D eigenvalue weighted by Crippen LogP contribution is -2.00. The normalized spacial score (nSPS) is 18.5. The van der Waals surface area contributed by atoms with Crippen LogP contribution in [0.2, 0.25) is 0 Å². The topological polar surface area (TPSA) is 27.7 Å². The largest absolute Gasteiger partial charge is 0.497 e. The van der Waals surface area contributed by atoms with E-state index in [-0.39, 0.29) is 18.2 Å². The molecule has 27 heavy (non-hydrogen) atoms. The average Bonchev–Trinajstić information content (AvgIpc) is 3.37. The number of hydrogen-bond donors (Lipinski definition) is 0. The molecule has 0 radical (unpaired) electrons. The molecule has 1 aliphatic carbocycles. The lowest BCUT2D eigenvalue weighted by molar-refractivity contribution is 0.271. The molecule has 5 heteroatoms. The molecule has 2 atom stereocenters. The minimum Gasteiger partial charge on any atom is -0.497 e. The summed E-state index contributed by atoms with van der Waals surface area (Å²) in [5.41, 5.74) is 0.937.